The number of nitrogens with zero attached hydrogens (tertiary/aromatic N) is 3. The van der Waals surface area contributed by atoms with E-state index in [1.54, 1.807) is 6.07 Å². The van der Waals surface area contributed by atoms with Crippen molar-refractivity contribution in [2.45, 2.75) is 0 Å². The number of hydrogen-bond donors (Lipinski definition) is 6. The van der Waals surface area contributed by atoms with Gasteiger partial charge in [-0.2, -0.15) is 5.26 Å². The van der Waals surface area contributed by atoms with Crippen LogP contribution >= 0.6 is 27.2 Å². The van der Waals surface area contributed by atoms with E-state index in [9.17, 15) is 9.36 Å². The molecule has 0 spiro atoms. The van der Waals surface area contributed by atoms with E-state index in [1.807, 2.05) is 0 Å². The van der Waals surface area contributed by atoms with Crippen molar-refractivity contribution >= 4 is 68.5 Å². The van der Waals surface area contributed by atoms with Crippen molar-refractivity contribution in [3.8, 4) is 11.8 Å². The van der Waals surface area contributed by atoms with E-state index in [4.69, 9.17) is 45.9 Å². The second kappa shape index (κ2) is 11.7. The molecule has 2 rings (SSSR count). The van der Waals surface area contributed by atoms with Gasteiger partial charge in [-0.25, -0.2) is 19.1 Å². The van der Waals surface area contributed by atoms with Crippen LogP contribution in [-0.2, 0) is 9.13 Å². The number of rotatable bonds is 4. The fraction of sp³-hybridized carbons (Fsp3) is 0. The van der Waals surface area contributed by atoms with Crippen molar-refractivity contribution in [2.24, 2.45) is 0 Å². The zero-order valence-corrected chi connectivity index (χ0v) is 15.9. The Labute approximate surface area is 190 Å². The summed E-state index contributed by atoms with van der Waals surface area (Å²) in [5, 5.41) is 11.1. The molecule has 17 heteroatoms. The Morgan fingerprint density at radius 3 is 2.17 bits per heavy atom. The number of nitrogens with one attached hydrogen (secondary N) is 1. The molecule has 152 valence electrons. The quantitative estimate of drug-likeness (QED) is 0.256. The van der Waals surface area contributed by atoms with E-state index in [0.29, 0.717) is 0 Å². The van der Waals surface area contributed by atoms with Gasteiger partial charge in [0, 0.05) is 5.02 Å². The molecule has 0 atom stereocenters. The molecule has 13 nitrogen and oxygen atoms in total. The summed E-state index contributed by atoms with van der Waals surface area (Å²) in [6, 6.07) is 5.41. The van der Waals surface area contributed by atoms with Crippen LogP contribution in [0.2, 0.25) is 5.02 Å². The van der Waals surface area contributed by atoms with Crippen LogP contribution in [0.1, 0.15) is 16.1 Å². The number of halogens is 1. The van der Waals surface area contributed by atoms with Crippen molar-refractivity contribution in [3.63, 3.8) is 0 Å². The van der Waals surface area contributed by atoms with E-state index in [1.165, 1.54) is 12.1 Å². The van der Waals surface area contributed by atoms with Gasteiger partial charge < -0.3 is 24.5 Å². The van der Waals surface area contributed by atoms with Crippen LogP contribution in [-0.4, -0.2) is 69.9 Å². The standard InChI is InChI=1S/C12H8ClN4O5P.Na.H3O4P.H/c13-7-1-2-10(22-23(19,20)21)9(3-7)12(18)17-11-6-15-8(4-14)5-16-11;;1-5(2,3)4;/h1-3,5-6H,(H,16,17,18)(H2,19,20,21);;(H3,1,2,3,4);. The second-order valence-corrected chi connectivity index (χ2v) is 7.22. The molecule has 1 amide bonds. The van der Waals surface area contributed by atoms with Crippen molar-refractivity contribution in [2.75, 3.05) is 5.32 Å². The number of aromatic nitrogens is 2. The molecule has 29 heavy (non-hydrogen) atoms. The molecule has 0 radical (unpaired) electrons. The SMILES string of the molecule is N#Cc1cnc(NC(=O)c2cc(Cl)ccc2OP(=O)(O)O)cn1.O=P(O)(O)O.[NaH]. The van der Waals surface area contributed by atoms with Crippen LogP contribution in [0, 0.1) is 11.3 Å². The van der Waals surface area contributed by atoms with Crippen molar-refractivity contribution in [3.05, 3.63) is 46.9 Å². The van der Waals surface area contributed by atoms with Crippen LogP contribution in [0.15, 0.2) is 30.6 Å². The number of carbonyl (C=O) groups excluding carboxylic acids is 1. The Morgan fingerprint density at radius 1 is 1.14 bits per heavy atom. The van der Waals surface area contributed by atoms with Crippen molar-refractivity contribution in [1.29, 1.82) is 5.26 Å². The van der Waals surface area contributed by atoms with Gasteiger partial charge in [0.15, 0.2) is 11.5 Å². The van der Waals surface area contributed by atoms with Gasteiger partial charge in [0.05, 0.1) is 18.0 Å². The van der Waals surface area contributed by atoms with E-state index < -0.39 is 21.6 Å². The summed E-state index contributed by atoms with van der Waals surface area (Å²) in [6.45, 7) is 0. The number of carbonyl (C=O) groups is 1. The van der Waals surface area contributed by atoms with Crippen LogP contribution in [0.5, 0.6) is 5.75 Å². The summed E-state index contributed by atoms with van der Waals surface area (Å²) < 4.78 is 24.3. The molecule has 0 fully saturated rings. The summed E-state index contributed by atoms with van der Waals surface area (Å²) in [5.74, 6) is -1.08. The van der Waals surface area contributed by atoms with Gasteiger partial charge in [0.2, 0.25) is 0 Å². The van der Waals surface area contributed by atoms with E-state index in [2.05, 4.69) is 19.8 Å². The molecule has 0 aliphatic heterocycles. The van der Waals surface area contributed by atoms with Crippen molar-refractivity contribution < 1.29 is 42.9 Å². The van der Waals surface area contributed by atoms with Gasteiger partial charge >= 0.3 is 45.2 Å². The molecule has 0 saturated carbocycles. The first-order valence-corrected chi connectivity index (χ1v) is 10.1. The predicted octanol–water partition coefficient (Wildman–Crippen LogP) is 0.148. The molecule has 0 unspecified atom stereocenters. The maximum atomic E-state index is 12.2. The van der Waals surface area contributed by atoms with Crippen LogP contribution in [0.4, 0.5) is 5.82 Å². The van der Waals surface area contributed by atoms with Crippen LogP contribution < -0.4 is 9.84 Å². The number of phosphoric ester groups is 1. The minimum atomic E-state index is -4.85. The van der Waals surface area contributed by atoms with Gasteiger partial charge in [0.1, 0.15) is 11.8 Å². The number of benzene rings is 1. The molecule has 1 aromatic carbocycles. The van der Waals surface area contributed by atoms with Crippen molar-refractivity contribution in [1.82, 2.24) is 9.97 Å². The summed E-state index contributed by atoms with van der Waals surface area (Å²) in [4.78, 5) is 59.0. The first-order chi connectivity index (χ1) is 12.8. The summed E-state index contributed by atoms with van der Waals surface area (Å²) >= 11 is 5.78. The molecular formula is C12H12ClN4NaO9P2. The van der Waals surface area contributed by atoms with Crippen LogP contribution in [0.25, 0.3) is 0 Å². The molecule has 6 N–H and O–H groups in total. The second-order valence-electron chi connectivity index (χ2n) is 4.59. The third kappa shape index (κ3) is 12.0. The summed E-state index contributed by atoms with van der Waals surface area (Å²) in [7, 11) is -9.49. The van der Waals surface area contributed by atoms with Gasteiger partial charge in [-0.1, -0.05) is 11.6 Å². The summed E-state index contributed by atoms with van der Waals surface area (Å²) in [6.07, 6.45) is 2.31. The Hall–Kier alpha value is -1.39. The molecule has 0 aliphatic carbocycles. The van der Waals surface area contributed by atoms with E-state index in [-0.39, 0.29) is 57.4 Å². The molecule has 0 saturated heterocycles. The first kappa shape index (κ1) is 27.6. The van der Waals surface area contributed by atoms with Crippen LogP contribution in [0.3, 0.4) is 0 Å². The van der Waals surface area contributed by atoms with Gasteiger partial charge in [-0.05, 0) is 18.2 Å². The fourth-order valence-corrected chi connectivity index (χ4v) is 2.11. The molecular weight excluding hydrogens is 465 g/mol. The van der Waals surface area contributed by atoms with E-state index >= 15 is 0 Å². The molecule has 0 bridgehead atoms. The topological polar surface area (TPSA) is 223 Å². The number of amides is 1. The van der Waals surface area contributed by atoms with Gasteiger partial charge in [-0.3, -0.25) is 14.6 Å². The Morgan fingerprint density at radius 2 is 1.72 bits per heavy atom. The zero-order valence-electron chi connectivity index (χ0n) is 13.4. The number of anilines is 1. The van der Waals surface area contributed by atoms with E-state index in [0.717, 1.165) is 18.5 Å². The average molecular weight is 477 g/mol. The molecule has 1 aromatic heterocycles. The maximum absolute atomic E-state index is 12.2. The first-order valence-electron chi connectivity index (χ1n) is 6.65. The zero-order chi connectivity index (χ0) is 21.5. The third-order valence-corrected chi connectivity index (χ3v) is 3.08. The Kier molecular flexibility index (Phi) is 11.1. The molecule has 0 aliphatic rings. The Bertz CT molecular complexity index is 982. The predicted molar refractivity (Wildman–Crippen MR) is 100 cm³/mol. The normalized spacial score (nSPS) is 10.5. The van der Waals surface area contributed by atoms with Gasteiger partial charge in [0.25, 0.3) is 5.91 Å². The number of hydrogen-bond acceptors (Lipinski definition) is 7. The molecule has 2 aromatic rings. The monoisotopic (exact) mass is 476 g/mol. The minimum absolute atomic E-state index is 0. The fourth-order valence-electron chi connectivity index (χ4n) is 1.52. The van der Waals surface area contributed by atoms with Gasteiger partial charge in [-0.15, -0.1) is 0 Å². The number of phosphoric acid groups is 2. The average Bonchev–Trinajstić information content (AvgIpc) is 2.54. The Balaban J connectivity index is 0.00000117. The summed E-state index contributed by atoms with van der Waals surface area (Å²) in [5.41, 5.74) is -0.136. The molecule has 1 heterocycles. The third-order valence-electron chi connectivity index (χ3n) is 2.41. The number of nitriles is 1.